The highest BCUT2D eigenvalue weighted by molar-refractivity contribution is 7.85. The van der Waals surface area contributed by atoms with Gasteiger partial charge in [0, 0.05) is 30.5 Å². The Morgan fingerprint density at radius 1 is 1.06 bits per heavy atom. The number of aromatic nitrogens is 1. The van der Waals surface area contributed by atoms with Crippen molar-refractivity contribution >= 4 is 27.4 Å². The first kappa shape index (κ1) is 24.7. The van der Waals surface area contributed by atoms with Crippen molar-refractivity contribution in [3.05, 3.63) is 82.5 Å². The van der Waals surface area contributed by atoms with Crippen LogP contribution in [0.4, 0.5) is 20.2 Å². The van der Waals surface area contributed by atoms with Gasteiger partial charge >= 0.3 is 10.1 Å². The predicted molar refractivity (Wildman–Crippen MR) is 127 cm³/mol. The fraction of sp³-hybridized carbons (Fsp3) is 0.280. The van der Waals surface area contributed by atoms with Crippen LogP contribution >= 0.6 is 0 Å². The SMILES string of the molecule is Cc1cc(F)ccc1Nc1c(C(=O)N2CCC(c3ccc(F)cc3)CC2)cnc(S(=O)(=O)O)c1C. The second kappa shape index (κ2) is 9.71. The molecule has 0 radical (unpaired) electrons. The number of hydrogen-bond donors (Lipinski definition) is 2. The summed E-state index contributed by atoms with van der Waals surface area (Å²) in [6.07, 6.45) is 2.51. The van der Waals surface area contributed by atoms with E-state index in [-0.39, 0.29) is 34.5 Å². The number of anilines is 2. The number of carbonyl (C=O) groups excluding carboxylic acids is 1. The summed E-state index contributed by atoms with van der Waals surface area (Å²) in [5.41, 5.74) is 2.43. The smallest absolute Gasteiger partial charge is 0.312 e. The number of nitrogens with zero attached hydrogens (tertiary/aromatic N) is 2. The number of rotatable bonds is 5. The number of aryl methyl sites for hydroxylation is 1. The number of nitrogens with one attached hydrogen (secondary N) is 1. The van der Waals surface area contributed by atoms with Gasteiger partial charge in [-0.25, -0.2) is 13.8 Å². The Balaban J connectivity index is 1.63. The molecule has 0 atom stereocenters. The molecule has 184 valence electrons. The van der Waals surface area contributed by atoms with Gasteiger partial charge in [0.15, 0.2) is 5.03 Å². The van der Waals surface area contributed by atoms with Crippen LogP contribution in [-0.2, 0) is 10.1 Å². The molecule has 0 bridgehead atoms. The summed E-state index contributed by atoms with van der Waals surface area (Å²) in [4.78, 5) is 19.0. The lowest BCUT2D eigenvalue weighted by Gasteiger charge is -2.33. The molecule has 35 heavy (non-hydrogen) atoms. The second-order valence-corrected chi connectivity index (χ2v) is 9.99. The minimum absolute atomic E-state index is 0.0725. The van der Waals surface area contributed by atoms with Crippen molar-refractivity contribution in [3.8, 4) is 0 Å². The summed E-state index contributed by atoms with van der Waals surface area (Å²) < 4.78 is 60.1. The average molecular weight is 502 g/mol. The molecule has 1 saturated heterocycles. The fourth-order valence-corrected chi connectivity index (χ4v) is 5.07. The maximum atomic E-state index is 13.6. The van der Waals surface area contributed by atoms with Gasteiger partial charge in [-0.1, -0.05) is 12.1 Å². The zero-order chi connectivity index (χ0) is 25.3. The predicted octanol–water partition coefficient (Wildman–Crippen LogP) is 4.99. The topological polar surface area (TPSA) is 99.6 Å². The number of piperidine rings is 1. The third-order valence-corrected chi connectivity index (χ3v) is 7.22. The minimum atomic E-state index is -4.64. The molecule has 2 aromatic carbocycles. The summed E-state index contributed by atoms with van der Waals surface area (Å²) >= 11 is 0. The van der Waals surface area contributed by atoms with Crippen molar-refractivity contribution < 1.29 is 26.5 Å². The third-order valence-electron chi connectivity index (χ3n) is 6.32. The molecule has 0 aliphatic carbocycles. The van der Waals surface area contributed by atoms with Crippen LogP contribution in [0.25, 0.3) is 0 Å². The first-order chi connectivity index (χ1) is 16.5. The van der Waals surface area contributed by atoms with Gasteiger partial charge in [0.05, 0.1) is 11.3 Å². The monoisotopic (exact) mass is 501 g/mol. The van der Waals surface area contributed by atoms with E-state index >= 15 is 0 Å². The van der Waals surface area contributed by atoms with Crippen molar-refractivity contribution in [3.63, 3.8) is 0 Å². The van der Waals surface area contributed by atoms with E-state index in [1.54, 1.807) is 24.0 Å². The van der Waals surface area contributed by atoms with Crippen LogP contribution in [0.3, 0.4) is 0 Å². The molecule has 7 nitrogen and oxygen atoms in total. The number of amides is 1. The molecule has 0 saturated carbocycles. The van der Waals surface area contributed by atoms with Crippen molar-refractivity contribution in [1.29, 1.82) is 0 Å². The van der Waals surface area contributed by atoms with E-state index in [1.165, 1.54) is 37.3 Å². The van der Waals surface area contributed by atoms with Crippen molar-refractivity contribution in [1.82, 2.24) is 9.88 Å². The van der Waals surface area contributed by atoms with Gasteiger partial charge < -0.3 is 10.2 Å². The largest absolute Gasteiger partial charge is 0.354 e. The molecule has 0 spiro atoms. The third kappa shape index (κ3) is 5.33. The lowest BCUT2D eigenvalue weighted by Crippen LogP contribution is -2.38. The van der Waals surface area contributed by atoms with Crippen LogP contribution in [0.2, 0.25) is 0 Å². The first-order valence-electron chi connectivity index (χ1n) is 11.1. The van der Waals surface area contributed by atoms with Crippen LogP contribution in [0.15, 0.2) is 53.7 Å². The average Bonchev–Trinajstić information content (AvgIpc) is 2.81. The Hall–Kier alpha value is -3.37. The zero-order valence-electron chi connectivity index (χ0n) is 19.3. The summed E-state index contributed by atoms with van der Waals surface area (Å²) in [5.74, 6) is -0.879. The molecule has 1 aliphatic rings. The Bertz CT molecular complexity index is 1370. The molecule has 0 unspecified atom stereocenters. The van der Waals surface area contributed by atoms with E-state index < -0.39 is 21.0 Å². The summed E-state index contributed by atoms with van der Waals surface area (Å²) in [5, 5.41) is 2.48. The molecular formula is C25H25F2N3O4S. The van der Waals surface area contributed by atoms with E-state index in [4.69, 9.17) is 0 Å². The zero-order valence-corrected chi connectivity index (χ0v) is 20.1. The summed E-state index contributed by atoms with van der Waals surface area (Å²) in [6.45, 7) is 4.02. The second-order valence-electron chi connectivity index (χ2n) is 8.65. The summed E-state index contributed by atoms with van der Waals surface area (Å²) in [7, 11) is -4.64. The van der Waals surface area contributed by atoms with Gasteiger partial charge in [0.2, 0.25) is 0 Å². The van der Waals surface area contributed by atoms with Gasteiger partial charge in [0.1, 0.15) is 11.6 Å². The quantitative estimate of drug-likeness (QED) is 0.478. The highest BCUT2D eigenvalue weighted by Crippen LogP contribution is 2.33. The van der Waals surface area contributed by atoms with Gasteiger partial charge in [0.25, 0.3) is 5.91 Å². The molecular weight excluding hydrogens is 476 g/mol. The van der Waals surface area contributed by atoms with Gasteiger partial charge in [-0.3, -0.25) is 9.35 Å². The Morgan fingerprint density at radius 2 is 1.69 bits per heavy atom. The molecule has 2 N–H and O–H groups in total. The maximum Gasteiger partial charge on any atom is 0.312 e. The number of pyridine rings is 1. The Morgan fingerprint density at radius 3 is 2.29 bits per heavy atom. The summed E-state index contributed by atoms with van der Waals surface area (Å²) in [6, 6.07) is 10.4. The van der Waals surface area contributed by atoms with Crippen LogP contribution < -0.4 is 5.32 Å². The molecule has 3 aromatic rings. The highest BCUT2D eigenvalue weighted by Gasteiger charge is 2.29. The molecule has 10 heteroatoms. The lowest BCUT2D eigenvalue weighted by molar-refractivity contribution is 0.0713. The van der Waals surface area contributed by atoms with Gasteiger partial charge in [-0.05, 0) is 74.1 Å². The van der Waals surface area contributed by atoms with Crippen LogP contribution in [-0.4, -0.2) is 41.9 Å². The molecule has 4 rings (SSSR count). The number of hydrogen-bond acceptors (Lipinski definition) is 5. The lowest BCUT2D eigenvalue weighted by atomic mass is 9.89. The molecule has 2 heterocycles. The van der Waals surface area contributed by atoms with Crippen molar-refractivity contribution in [2.24, 2.45) is 0 Å². The normalized spacial score (nSPS) is 14.7. The standard InChI is InChI=1S/C25H25F2N3O4S/c1-15-13-20(27)7-8-22(15)29-23-16(2)24(35(32,33)34)28-14-21(23)25(31)30-11-9-18(10-12-30)17-3-5-19(26)6-4-17/h3-8,13-14,18H,9-12H2,1-2H3,(H,28,29)(H,32,33,34). The van der Waals surface area contributed by atoms with E-state index in [0.717, 1.165) is 11.8 Å². The van der Waals surface area contributed by atoms with Crippen molar-refractivity contribution in [2.45, 2.75) is 37.6 Å². The number of carbonyl (C=O) groups is 1. The van der Waals surface area contributed by atoms with Crippen molar-refractivity contribution in [2.75, 3.05) is 18.4 Å². The van der Waals surface area contributed by atoms with E-state index in [0.29, 0.717) is 37.2 Å². The molecule has 1 aliphatic heterocycles. The fourth-order valence-electron chi connectivity index (χ4n) is 4.40. The van der Waals surface area contributed by atoms with Gasteiger partial charge in [-0.15, -0.1) is 0 Å². The Kier molecular flexibility index (Phi) is 6.86. The minimum Gasteiger partial charge on any atom is -0.354 e. The first-order valence-corrected chi connectivity index (χ1v) is 12.5. The number of likely N-dealkylation sites (tertiary alicyclic amines) is 1. The van der Waals surface area contributed by atoms with Crippen LogP contribution in [0.5, 0.6) is 0 Å². The van der Waals surface area contributed by atoms with Gasteiger partial charge in [-0.2, -0.15) is 8.42 Å². The number of halogens is 2. The van der Waals surface area contributed by atoms with Crippen LogP contribution in [0.1, 0.15) is 45.8 Å². The molecule has 1 amide bonds. The highest BCUT2D eigenvalue weighted by atomic mass is 32.2. The molecule has 1 fully saturated rings. The number of benzene rings is 2. The Labute approximate surface area is 202 Å². The van der Waals surface area contributed by atoms with E-state index in [9.17, 15) is 26.5 Å². The van der Waals surface area contributed by atoms with Crippen LogP contribution in [0, 0.1) is 25.5 Å². The molecule has 1 aromatic heterocycles. The van der Waals surface area contributed by atoms with E-state index in [1.807, 2.05) is 0 Å². The van der Waals surface area contributed by atoms with E-state index in [2.05, 4.69) is 10.3 Å². The maximum absolute atomic E-state index is 13.6.